The summed E-state index contributed by atoms with van der Waals surface area (Å²) in [7, 11) is 0. The molecule has 4 saturated carbocycles. The van der Waals surface area contributed by atoms with Gasteiger partial charge in [-0.15, -0.1) is 0 Å². The predicted octanol–water partition coefficient (Wildman–Crippen LogP) is 1.70. The van der Waals surface area contributed by atoms with Crippen molar-refractivity contribution in [2.24, 2.45) is 33.5 Å². The van der Waals surface area contributed by atoms with E-state index in [0.717, 1.165) is 44.9 Å². The molecule has 2 bridgehead atoms. The number of aliphatic hydroxyl groups excluding tert-OH is 4. The zero-order valence-electron chi connectivity index (χ0n) is 20.5. The molecule has 1 saturated heterocycles. The number of hydrogen-bond acceptors (Lipinski definition) is 8. The smallest absolute Gasteiger partial charge is 0.314 e. The van der Waals surface area contributed by atoms with Gasteiger partial charge >= 0.3 is 5.97 Å². The lowest BCUT2D eigenvalue weighted by Gasteiger charge is -2.64. The van der Waals surface area contributed by atoms with Gasteiger partial charge in [-0.05, 0) is 74.5 Å². The van der Waals surface area contributed by atoms with E-state index >= 15 is 0 Å². The van der Waals surface area contributed by atoms with Gasteiger partial charge < -0.3 is 29.9 Å². The lowest BCUT2D eigenvalue weighted by molar-refractivity contribution is -0.298. The molecular weight excluding hydrogens is 440 g/mol. The topological polar surface area (TPSA) is 134 Å². The van der Waals surface area contributed by atoms with Crippen molar-refractivity contribution in [1.29, 1.82) is 0 Å². The molecule has 4 aliphatic carbocycles. The predicted molar refractivity (Wildman–Crippen MR) is 120 cm³/mol. The third kappa shape index (κ3) is 3.28. The molecule has 34 heavy (non-hydrogen) atoms. The maximum Gasteiger partial charge on any atom is 0.314 e. The minimum atomic E-state index is -1.60. The summed E-state index contributed by atoms with van der Waals surface area (Å²) in [5.74, 6) is 0.435. The number of ketones is 1. The normalized spacial score (nSPS) is 54.8. The third-order valence-corrected chi connectivity index (χ3v) is 10.9. The number of ether oxygens (including phenoxy) is 2. The molecule has 0 amide bonds. The van der Waals surface area contributed by atoms with E-state index in [-0.39, 0.29) is 22.2 Å². The molecule has 1 aliphatic heterocycles. The molecule has 1 heterocycles. The Labute approximate surface area is 201 Å². The highest BCUT2D eigenvalue weighted by Crippen LogP contribution is 2.73. The maximum absolute atomic E-state index is 13.7. The van der Waals surface area contributed by atoms with Crippen LogP contribution in [0.5, 0.6) is 0 Å². The van der Waals surface area contributed by atoms with Crippen molar-refractivity contribution < 1.29 is 39.5 Å². The van der Waals surface area contributed by atoms with Crippen LogP contribution in [-0.2, 0) is 19.1 Å². The van der Waals surface area contributed by atoms with Crippen LogP contribution in [0, 0.1) is 33.5 Å². The van der Waals surface area contributed by atoms with Crippen LogP contribution in [0.25, 0.3) is 0 Å². The Balaban J connectivity index is 1.39. The van der Waals surface area contributed by atoms with Crippen molar-refractivity contribution >= 4 is 11.8 Å². The molecule has 0 aromatic heterocycles. The highest BCUT2D eigenvalue weighted by molar-refractivity contribution is 5.88. The van der Waals surface area contributed by atoms with Gasteiger partial charge in [0.05, 0.1) is 12.0 Å². The first-order chi connectivity index (χ1) is 15.9. The number of carbonyl (C=O) groups excluding carboxylic acids is 2. The number of Topliss-reactive ketones (excluding diaryl/α,β-unsaturated/α-hetero) is 1. The molecule has 1 spiro atoms. The largest absolute Gasteiger partial charge is 0.432 e. The molecule has 192 valence electrons. The Kier molecular flexibility index (Phi) is 5.77. The Morgan fingerprint density at radius 3 is 2.41 bits per heavy atom. The number of rotatable bonds is 3. The minimum Gasteiger partial charge on any atom is -0.432 e. The van der Waals surface area contributed by atoms with Crippen LogP contribution in [0.2, 0.25) is 0 Å². The molecule has 0 aromatic rings. The van der Waals surface area contributed by atoms with E-state index in [1.807, 2.05) is 6.92 Å². The molecule has 5 fully saturated rings. The molecule has 5 aliphatic rings. The lowest BCUT2D eigenvalue weighted by atomic mass is 9.40. The molecule has 0 unspecified atom stereocenters. The average molecular weight is 481 g/mol. The van der Waals surface area contributed by atoms with Gasteiger partial charge in [0, 0.05) is 11.8 Å². The van der Waals surface area contributed by atoms with Gasteiger partial charge in [-0.3, -0.25) is 9.59 Å². The van der Waals surface area contributed by atoms with Crippen LogP contribution >= 0.6 is 0 Å². The van der Waals surface area contributed by atoms with Gasteiger partial charge in [0.25, 0.3) is 0 Å². The van der Waals surface area contributed by atoms with Crippen LogP contribution in [0.15, 0.2) is 0 Å². The zero-order valence-corrected chi connectivity index (χ0v) is 20.5. The number of hydrogen-bond donors (Lipinski definition) is 4. The van der Waals surface area contributed by atoms with Gasteiger partial charge in [-0.1, -0.05) is 20.3 Å². The van der Waals surface area contributed by atoms with E-state index in [9.17, 15) is 30.0 Å². The fourth-order valence-electron chi connectivity index (χ4n) is 9.15. The Hall–Kier alpha value is -1.06. The Morgan fingerprint density at radius 2 is 1.71 bits per heavy atom. The standard InChI is InChI=1S/C26H40O8/c1-23-9-5-16-24(2)7-4-8-25(3,15(24)6-10-26(16,13-23)11-17(23)28)22(32)34-21-20(31)19(30)18(29)14(12-27)33-21/h14-16,18-21,27,29-31H,4-13H2,1-3H3/t14-,15+,16+,18-,19+,20+,21-,23+,24-,25-,26+/m1/s1. The van der Waals surface area contributed by atoms with E-state index in [1.54, 1.807) is 0 Å². The molecule has 8 nitrogen and oxygen atoms in total. The second-order valence-electron chi connectivity index (χ2n) is 12.8. The first kappa shape index (κ1) is 24.6. The van der Waals surface area contributed by atoms with E-state index in [0.29, 0.717) is 24.5 Å². The maximum atomic E-state index is 13.7. The lowest BCUT2D eigenvalue weighted by Crippen LogP contribution is -2.62. The van der Waals surface area contributed by atoms with Crippen LogP contribution in [0.1, 0.15) is 78.6 Å². The summed E-state index contributed by atoms with van der Waals surface area (Å²) in [6, 6.07) is 0. The summed E-state index contributed by atoms with van der Waals surface area (Å²) in [5, 5.41) is 40.0. The summed E-state index contributed by atoms with van der Waals surface area (Å²) in [6.45, 7) is 5.83. The molecule has 0 radical (unpaired) electrons. The fraction of sp³-hybridized carbons (Fsp3) is 0.923. The van der Waals surface area contributed by atoms with Crippen molar-refractivity contribution in [2.45, 2.75) is 109 Å². The first-order valence-electron chi connectivity index (χ1n) is 13.0. The second-order valence-corrected chi connectivity index (χ2v) is 12.8. The van der Waals surface area contributed by atoms with Crippen molar-refractivity contribution in [3.05, 3.63) is 0 Å². The van der Waals surface area contributed by atoms with Crippen molar-refractivity contribution in [1.82, 2.24) is 0 Å². The number of carbonyl (C=O) groups is 2. The van der Waals surface area contributed by atoms with Gasteiger partial charge in [0.2, 0.25) is 6.29 Å². The number of fused-ring (bicyclic) bond motifs is 3. The summed E-state index contributed by atoms with van der Waals surface area (Å²) in [6.07, 6.45) is 0.706. The molecule has 11 atom stereocenters. The van der Waals surface area contributed by atoms with E-state index in [2.05, 4.69) is 13.8 Å². The van der Waals surface area contributed by atoms with Gasteiger partial charge in [0.15, 0.2) is 0 Å². The first-order valence-corrected chi connectivity index (χ1v) is 13.0. The van der Waals surface area contributed by atoms with Crippen molar-refractivity contribution in [2.75, 3.05) is 6.61 Å². The molecule has 8 heteroatoms. The van der Waals surface area contributed by atoms with E-state index < -0.39 is 48.7 Å². The zero-order chi connectivity index (χ0) is 24.7. The number of esters is 1. The van der Waals surface area contributed by atoms with Gasteiger partial charge in [0.1, 0.15) is 30.2 Å². The van der Waals surface area contributed by atoms with Gasteiger partial charge in [-0.25, -0.2) is 0 Å². The third-order valence-electron chi connectivity index (χ3n) is 10.9. The van der Waals surface area contributed by atoms with Crippen LogP contribution in [-0.4, -0.2) is 69.5 Å². The minimum absolute atomic E-state index is 0.0504. The Bertz CT molecular complexity index is 860. The van der Waals surface area contributed by atoms with Crippen LogP contribution < -0.4 is 0 Å². The summed E-state index contributed by atoms with van der Waals surface area (Å²) >= 11 is 0. The number of aliphatic hydroxyl groups is 4. The highest BCUT2D eigenvalue weighted by Gasteiger charge is 2.68. The monoisotopic (exact) mass is 480 g/mol. The quantitative estimate of drug-likeness (QED) is 0.449. The summed E-state index contributed by atoms with van der Waals surface area (Å²) in [5.41, 5.74) is -0.989. The second kappa shape index (κ2) is 7.97. The van der Waals surface area contributed by atoms with Crippen molar-refractivity contribution in [3.63, 3.8) is 0 Å². The van der Waals surface area contributed by atoms with E-state index in [4.69, 9.17) is 9.47 Å². The molecular formula is C26H40O8. The SMILES string of the molecule is C[C@@]12CC[C@@H]3[C@@](CC[C@H]4[C@@]3(C)CCC[C@@]4(C)C(=O)O[C@H]3O[C@H](CO)[C@@H](O)[C@H](O)[C@@H]3O)(CC1=O)C2. The van der Waals surface area contributed by atoms with Crippen molar-refractivity contribution in [3.8, 4) is 0 Å². The van der Waals surface area contributed by atoms with Crippen LogP contribution in [0.3, 0.4) is 0 Å². The summed E-state index contributed by atoms with van der Waals surface area (Å²) in [4.78, 5) is 26.6. The summed E-state index contributed by atoms with van der Waals surface area (Å²) < 4.78 is 11.1. The van der Waals surface area contributed by atoms with Gasteiger partial charge in [-0.2, -0.15) is 0 Å². The molecule has 0 aromatic carbocycles. The molecule has 5 rings (SSSR count). The van der Waals surface area contributed by atoms with E-state index in [1.165, 1.54) is 0 Å². The highest BCUT2D eigenvalue weighted by atomic mass is 16.7. The average Bonchev–Trinajstić information content (AvgIpc) is 2.96. The fourth-order valence-corrected chi connectivity index (χ4v) is 9.15. The van der Waals surface area contributed by atoms with Crippen LogP contribution in [0.4, 0.5) is 0 Å². The molecule has 4 N–H and O–H groups in total. The Morgan fingerprint density at radius 1 is 1.00 bits per heavy atom.